The van der Waals surface area contributed by atoms with Gasteiger partial charge in [-0.25, -0.2) is 0 Å². The van der Waals surface area contributed by atoms with Gasteiger partial charge in [0.2, 0.25) is 0 Å². The van der Waals surface area contributed by atoms with Gasteiger partial charge in [-0.2, -0.15) is 0 Å². The van der Waals surface area contributed by atoms with Crippen LogP contribution in [0, 0.1) is 46.3 Å². The van der Waals surface area contributed by atoms with Crippen LogP contribution < -0.4 is 0 Å². The van der Waals surface area contributed by atoms with Crippen LogP contribution in [0.15, 0.2) is 12.2 Å². The zero-order chi connectivity index (χ0) is 20.1. The lowest BCUT2D eigenvalue weighted by Gasteiger charge is -2.61. The van der Waals surface area contributed by atoms with Crippen LogP contribution in [0.4, 0.5) is 0 Å². The van der Waals surface area contributed by atoms with Crippen molar-refractivity contribution in [1.82, 2.24) is 0 Å². The number of esters is 1. The van der Waals surface area contributed by atoms with Gasteiger partial charge in [0.15, 0.2) is 0 Å². The molecule has 0 N–H and O–H groups in total. The summed E-state index contributed by atoms with van der Waals surface area (Å²) in [5, 5.41) is 0. The highest BCUT2D eigenvalue weighted by Crippen LogP contribution is 2.68. The summed E-state index contributed by atoms with van der Waals surface area (Å²) < 4.78 is 4.89. The molecule has 2 heteroatoms. The molecule has 2 nitrogen and oxygen atoms in total. The number of hydrogen-bond acceptors (Lipinski definition) is 2. The van der Waals surface area contributed by atoms with Crippen LogP contribution in [0.1, 0.15) is 91.4 Å². The first kappa shape index (κ1) is 20.5. The van der Waals surface area contributed by atoms with Gasteiger partial charge in [-0.3, -0.25) is 4.79 Å². The van der Waals surface area contributed by atoms with E-state index < -0.39 is 0 Å². The fraction of sp³-hybridized carbons (Fsp3) is 0.885. The molecule has 4 rings (SSSR count). The quantitative estimate of drug-likeness (QED) is 0.393. The minimum Gasteiger partial charge on any atom is -0.469 e. The largest absolute Gasteiger partial charge is 0.469 e. The van der Waals surface area contributed by atoms with Crippen molar-refractivity contribution in [2.75, 3.05) is 7.11 Å². The molecule has 0 aliphatic heterocycles. The number of rotatable bonds is 4. The summed E-state index contributed by atoms with van der Waals surface area (Å²) in [7, 11) is 1.51. The summed E-state index contributed by atoms with van der Waals surface area (Å²) in [6.07, 6.45) is 14.1. The molecule has 0 spiro atoms. The number of carbonyl (C=O) groups is 1. The molecule has 158 valence electrons. The first-order valence-corrected chi connectivity index (χ1v) is 12.0. The molecule has 0 aromatic carbocycles. The van der Waals surface area contributed by atoms with Crippen molar-refractivity contribution in [3.05, 3.63) is 12.2 Å². The maximum atomic E-state index is 11.6. The standard InChI is InChI=1S/C26H42O2/c1-17-12-14-25(3)19(16-17)7-8-20-22-10-9-21(18(2)6-11-24(27)28-5)26(22,4)15-13-23(20)25/h18-23H,1,6-16H2,2-5H3/t18?,19-,20+,21?,22?,23?,25+,26-/m1/s1. The second-order valence-electron chi connectivity index (χ2n) is 11.4. The summed E-state index contributed by atoms with van der Waals surface area (Å²) in [4.78, 5) is 11.6. The second kappa shape index (κ2) is 7.47. The fourth-order valence-corrected chi connectivity index (χ4v) is 8.78. The van der Waals surface area contributed by atoms with Crippen LogP contribution in [0.2, 0.25) is 0 Å². The Hall–Kier alpha value is -0.790. The molecule has 4 unspecified atom stereocenters. The van der Waals surface area contributed by atoms with Crippen LogP contribution in [-0.2, 0) is 9.53 Å². The lowest BCUT2D eigenvalue weighted by molar-refractivity contribution is -0.141. The molecule has 28 heavy (non-hydrogen) atoms. The summed E-state index contributed by atoms with van der Waals surface area (Å²) in [6.45, 7) is 12.0. The molecule has 4 aliphatic rings. The first-order valence-electron chi connectivity index (χ1n) is 12.0. The fourth-order valence-electron chi connectivity index (χ4n) is 8.78. The molecular weight excluding hydrogens is 344 g/mol. The van der Waals surface area contributed by atoms with Crippen molar-refractivity contribution in [2.24, 2.45) is 46.3 Å². The Bertz CT molecular complexity index is 624. The van der Waals surface area contributed by atoms with E-state index in [1.54, 1.807) is 0 Å². The summed E-state index contributed by atoms with van der Waals surface area (Å²) in [6, 6.07) is 0. The molecule has 0 radical (unpaired) electrons. The minimum absolute atomic E-state index is 0.0413. The Morgan fingerprint density at radius 3 is 2.61 bits per heavy atom. The van der Waals surface area contributed by atoms with E-state index in [1.807, 2.05) is 0 Å². The SMILES string of the molecule is C=C1CC[C@]2(C)C3CC[C@]4(C)C(C(C)CCC(=O)OC)CCC4[C@@H]3CC[C@@H]2C1. The van der Waals surface area contributed by atoms with Gasteiger partial charge in [-0.15, -0.1) is 0 Å². The zero-order valence-corrected chi connectivity index (χ0v) is 18.8. The Balaban J connectivity index is 1.49. The highest BCUT2D eigenvalue weighted by Gasteiger charge is 2.60. The Morgan fingerprint density at radius 2 is 1.86 bits per heavy atom. The van der Waals surface area contributed by atoms with E-state index in [4.69, 9.17) is 4.74 Å². The highest BCUT2D eigenvalue weighted by atomic mass is 16.5. The zero-order valence-electron chi connectivity index (χ0n) is 18.8. The summed E-state index contributed by atoms with van der Waals surface area (Å²) in [5.41, 5.74) is 2.58. The van der Waals surface area contributed by atoms with Crippen molar-refractivity contribution in [2.45, 2.75) is 91.4 Å². The average molecular weight is 387 g/mol. The van der Waals surface area contributed by atoms with Crippen molar-refractivity contribution in [3.8, 4) is 0 Å². The number of ether oxygens (including phenoxy) is 1. The van der Waals surface area contributed by atoms with Gasteiger partial charge >= 0.3 is 5.97 Å². The van der Waals surface area contributed by atoms with Crippen molar-refractivity contribution < 1.29 is 9.53 Å². The maximum absolute atomic E-state index is 11.6. The van der Waals surface area contributed by atoms with Crippen molar-refractivity contribution in [3.63, 3.8) is 0 Å². The molecule has 0 aromatic heterocycles. The Labute approximate surface area is 172 Å². The average Bonchev–Trinajstić information content (AvgIpc) is 3.03. The second-order valence-corrected chi connectivity index (χ2v) is 11.4. The van der Waals surface area contributed by atoms with E-state index in [-0.39, 0.29) is 5.97 Å². The predicted molar refractivity (Wildman–Crippen MR) is 115 cm³/mol. The molecular formula is C26H42O2. The van der Waals surface area contributed by atoms with Crippen LogP contribution >= 0.6 is 0 Å². The van der Waals surface area contributed by atoms with Gasteiger partial charge in [-0.05, 0) is 111 Å². The monoisotopic (exact) mass is 386 g/mol. The molecule has 8 atom stereocenters. The minimum atomic E-state index is -0.0413. The number of allylic oxidation sites excluding steroid dienone is 1. The van der Waals surface area contributed by atoms with E-state index in [0.29, 0.717) is 23.2 Å². The Morgan fingerprint density at radius 1 is 1.11 bits per heavy atom. The van der Waals surface area contributed by atoms with Crippen molar-refractivity contribution >= 4 is 5.97 Å². The summed E-state index contributed by atoms with van der Waals surface area (Å²) in [5.74, 6) is 5.09. The van der Waals surface area contributed by atoms with Gasteiger partial charge in [-0.1, -0.05) is 32.9 Å². The van der Waals surface area contributed by atoms with E-state index in [2.05, 4.69) is 27.4 Å². The van der Waals surface area contributed by atoms with E-state index in [0.717, 1.165) is 36.0 Å². The van der Waals surface area contributed by atoms with Crippen LogP contribution in [0.25, 0.3) is 0 Å². The number of fused-ring (bicyclic) bond motifs is 5. The van der Waals surface area contributed by atoms with Gasteiger partial charge in [0.1, 0.15) is 0 Å². The molecule has 0 heterocycles. The lowest BCUT2D eigenvalue weighted by Crippen LogP contribution is -2.53. The van der Waals surface area contributed by atoms with Gasteiger partial charge < -0.3 is 4.74 Å². The maximum Gasteiger partial charge on any atom is 0.305 e. The molecule has 0 amide bonds. The van der Waals surface area contributed by atoms with Crippen molar-refractivity contribution in [1.29, 1.82) is 0 Å². The van der Waals surface area contributed by atoms with Crippen LogP contribution in [0.5, 0.6) is 0 Å². The van der Waals surface area contributed by atoms with Crippen LogP contribution in [-0.4, -0.2) is 13.1 Å². The highest BCUT2D eigenvalue weighted by molar-refractivity contribution is 5.69. The normalized spacial score (nSPS) is 46.3. The molecule has 0 bridgehead atoms. The predicted octanol–water partition coefficient (Wildman–Crippen LogP) is 6.79. The van der Waals surface area contributed by atoms with E-state index >= 15 is 0 Å². The number of methoxy groups -OCH3 is 1. The topological polar surface area (TPSA) is 26.3 Å². The third-order valence-corrected chi connectivity index (χ3v) is 10.4. The smallest absolute Gasteiger partial charge is 0.305 e. The lowest BCUT2D eigenvalue weighted by atomic mass is 9.44. The number of hydrogen-bond donors (Lipinski definition) is 0. The third kappa shape index (κ3) is 3.18. The Kier molecular flexibility index (Phi) is 5.47. The van der Waals surface area contributed by atoms with Gasteiger partial charge in [0, 0.05) is 6.42 Å². The molecule has 4 fully saturated rings. The summed E-state index contributed by atoms with van der Waals surface area (Å²) >= 11 is 0. The number of carbonyl (C=O) groups excluding carboxylic acids is 1. The van der Waals surface area contributed by atoms with E-state index in [9.17, 15) is 4.79 Å². The van der Waals surface area contributed by atoms with Gasteiger partial charge in [0.05, 0.1) is 7.11 Å². The molecule has 0 aromatic rings. The van der Waals surface area contributed by atoms with Crippen LogP contribution in [0.3, 0.4) is 0 Å². The third-order valence-electron chi connectivity index (χ3n) is 10.4. The molecule has 4 saturated carbocycles. The molecule has 0 saturated heterocycles. The van der Waals surface area contributed by atoms with Gasteiger partial charge in [0.25, 0.3) is 0 Å². The first-order chi connectivity index (χ1) is 13.3. The van der Waals surface area contributed by atoms with E-state index in [1.165, 1.54) is 70.5 Å². The molecule has 4 aliphatic carbocycles.